The van der Waals surface area contributed by atoms with E-state index < -0.39 is 35.3 Å². The Kier molecular flexibility index (Phi) is 4.35. The van der Waals surface area contributed by atoms with Gasteiger partial charge in [0.25, 0.3) is 0 Å². The van der Waals surface area contributed by atoms with Crippen LogP contribution in [0.5, 0.6) is 0 Å². The number of nitrogens with zero attached hydrogens (tertiary/aromatic N) is 2. The van der Waals surface area contributed by atoms with Gasteiger partial charge in [0.1, 0.15) is 11.4 Å². The molecule has 0 aliphatic carbocycles. The molecule has 2 rings (SSSR count). The van der Waals surface area contributed by atoms with Gasteiger partial charge in [-0.15, -0.1) is 0 Å². The van der Waals surface area contributed by atoms with Gasteiger partial charge in [-0.3, -0.25) is 9.78 Å². The minimum Gasteiger partial charge on any atom is -0.481 e. The SMILES string of the molecule is CC(C)(C)OC(=O)N1CC(C(=O)O)C(c2ccncc2F)C1. The lowest BCUT2D eigenvalue weighted by atomic mass is 9.89. The summed E-state index contributed by atoms with van der Waals surface area (Å²) in [6.07, 6.45) is 1.87. The highest BCUT2D eigenvalue weighted by molar-refractivity contribution is 5.76. The first-order chi connectivity index (χ1) is 10.2. The van der Waals surface area contributed by atoms with E-state index in [1.165, 1.54) is 17.2 Å². The van der Waals surface area contributed by atoms with Crippen molar-refractivity contribution in [2.45, 2.75) is 32.3 Å². The number of pyridine rings is 1. The summed E-state index contributed by atoms with van der Waals surface area (Å²) in [6.45, 7) is 5.30. The van der Waals surface area contributed by atoms with E-state index in [1.807, 2.05) is 0 Å². The van der Waals surface area contributed by atoms with E-state index in [-0.39, 0.29) is 18.7 Å². The summed E-state index contributed by atoms with van der Waals surface area (Å²) in [4.78, 5) is 28.5. The van der Waals surface area contributed by atoms with Crippen LogP contribution in [0.2, 0.25) is 0 Å². The van der Waals surface area contributed by atoms with Gasteiger partial charge in [-0.25, -0.2) is 9.18 Å². The van der Waals surface area contributed by atoms with Gasteiger partial charge in [-0.2, -0.15) is 0 Å². The summed E-state index contributed by atoms with van der Waals surface area (Å²) in [5.74, 6) is -3.12. The number of halogens is 1. The third kappa shape index (κ3) is 3.52. The predicted octanol–water partition coefficient (Wildman–Crippen LogP) is 2.26. The standard InChI is InChI=1S/C15H19FN2O4/c1-15(2,3)22-14(21)18-7-10(11(8-18)13(19)20)9-4-5-17-6-12(9)16/h4-6,10-11H,7-8H2,1-3H3,(H,19,20). The van der Waals surface area contributed by atoms with E-state index in [0.717, 1.165) is 6.20 Å². The molecule has 6 nitrogen and oxygen atoms in total. The number of carbonyl (C=O) groups is 2. The Morgan fingerprint density at radius 3 is 2.64 bits per heavy atom. The molecule has 1 aliphatic heterocycles. The number of carboxylic acids is 1. The van der Waals surface area contributed by atoms with Crippen LogP contribution >= 0.6 is 0 Å². The average molecular weight is 310 g/mol. The predicted molar refractivity (Wildman–Crippen MR) is 75.9 cm³/mol. The van der Waals surface area contributed by atoms with Crippen molar-refractivity contribution in [2.75, 3.05) is 13.1 Å². The second kappa shape index (κ2) is 5.90. The minimum atomic E-state index is -1.06. The van der Waals surface area contributed by atoms with Gasteiger partial charge >= 0.3 is 12.1 Å². The van der Waals surface area contributed by atoms with Crippen LogP contribution in [0, 0.1) is 11.7 Å². The molecule has 1 saturated heterocycles. The fourth-order valence-electron chi connectivity index (χ4n) is 2.53. The van der Waals surface area contributed by atoms with Gasteiger partial charge in [0.15, 0.2) is 0 Å². The van der Waals surface area contributed by atoms with Crippen molar-refractivity contribution < 1.29 is 23.8 Å². The van der Waals surface area contributed by atoms with Gasteiger partial charge < -0.3 is 14.7 Å². The maximum atomic E-state index is 13.9. The molecule has 1 N–H and O–H groups in total. The van der Waals surface area contributed by atoms with Gasteiger partial charge in [0, 0.05) is 25.2 Å². The monoisotopic (exact) mass is 310 g/mol. The molecule has 1 amide bonds. The minimum absolute atomic E-state index is 0.00330. The molecular weight excluding hydrogens is 291 g/mol. The molecule has 2 atom stereocenters. The first-order valence-electron chi connectivity index (χ1n) is 6.99. The Bertz CT molecular complexity index is 585. The number of aromatic nitrogens is 1. The third-order valence-corrected chi connectivity index (χ3v) is 3.49. The second-order valence-electron chi connectivity index (χ2n) is 6.33. The molecule has 22 heavy (non-hydrogen) atoms. The van der Waals surface area contributed by atoms with Crippen molar-refractivity contribution in [1.29, 1.82) is 0 Å². The van der Waals surface area contributed by atoms with Crippen LogP contribution in [0.3, 0.4) is 0 Å². The molecule has 2 heterocycles. The Hall–Kier alpha value is -2.18. The second-order valence-corrected chi connectivity index (χ2v) is 6.33. The molecule has 7 heteroatoms. The summed E-state index contributed by atoms with van der Waals surface area (Å²) < 4.78 is 19.1. The largest absolute Gasteiger partial charge is 0.481 e. The highest BCUT2D eigenvalue weighted by Gasteiger charge is 2.42. The van der Waals surface area contributed by atoms with Crippen LogP contribution in [0.4, 0.5) is 9.18 Å². The van der Waals surface area contributed by atoms with E-state index >= 15 is 0 Å². The summed E-state index contributed by atoms with van der Waals surface area (Å²) in [7, 11) is 0. The molecule has 0 bridgehead atoms. The fraction of sp³-hybridized carbons (Fsp3) is 0.533. The lowest BCUT2D eigenvalue weighted by Gasteiger charge is -2.24. The summed E-state index contributed by atoms with van der Waals surface area (Å²) in [5, 5.41) is 9.35. The number of carboxylic acid groups (broad SMARTS) is 1. The topological polar surface area (TPSA) is 79.7 Å². The molecule has 1 fully saturated rings. The van der Waals surface area contributed by atoms with Crippen molar-refractivity contribution >= 4 is 12.1 Å². The van der Waals surface area contributed by atoms with E-state index in [2.05, 4.69) is 4.98 Å². The Balaban J connectivity index is 2.22. The molecule has 0 spiro atoms. The van der Waals surface area contributed by atoms with E-state index in [1.54, 1.807) is 20.8 Å². The van der Waals surface area contributed by atoms with Crippen molar-refractivity contribution in [3.05, 3.63) is 29.8 Å². The zero-order valence-corrected chi connectivity index (χ0v) is 12.7. The van der Waals surface area contributed by atoms with Crippen molar-refractivity contribution in [2.24, 2.45) is 5.92 Å². The maximum Gasteiger partial charge on any atom is 0.410 e. The van der Waals surface area contributed by atoms with Crippen LogP contribution in [0.15, 0.2) is 18.5 Å². The zero-order chi connectivity index (χ0) is 16.5. The molecule has 2 unspecified atom stereocenters. The van der Waals surface area contributed by atoms with Crippen molar-refractivity contribution in [3.8, 4) is 0 Å². The number of rotatable bonds is 2. The first-order valence-corrected chi connectivity index (χ1v) is 6.99. The maximum absolute atomic E-state index is 13.9. The number of likely N-dealkylation sites (tertiary alicyclic amines) is 1. The van der Waals surface area contributed by atoms with Crippen LogP contribution in [0.25, 0.3) is 0 Å². The Labute approximate surface area is 127 Å². The summed E-state index contributed by atoms with van der Waals surface area (Å²) >= 11 is 0. The van der Waals surface area contributed by atoms with E-state index in [4.69, 9.17) is 4.74 Å². The summed E-state index contributed by atoms with van der Waals surface area (Å²) in [5.41, 5.74) is -0.413. The van der Waals surface area contributed by atoms with Gasteiger partial charge in [-0.05, 0) is 32.4 Å². The number of amides is 1. The number of carbonyl (C=O) groups excluding carboxylic acids is 1. The van der Waals surface area contributed by atoms with Gasteiger partial charge in [0.2, 0.25) is 0 Å². The first kappa shape index (κ1) is 16.2. The number of aliphatic carboxylic acids is 1. The highest BCUT2D eigenvalue weighted by atomic mass is 19.1. The summed E-state index contributed by atoms with van der Waals surface area (Å²) in [6, 6.07) is 1.45. The molecule has 1 aliphatic rings. The molecule has 120 valence electrons. The average Bonchev–Trinajstić information content (AvgIpc) is 2.82. The Morgan fingerprint density at radius 1 is 1.41 bits per heavy atom. The molecule has 1 aromatic heterocycles. The van der Waals surface area contributed by atoms with E-state index in [0.29, 0.717) is 0 Å². The molecular formula is C15H19FN2O4. The lowest BCUT2D eigenvalue weighted by molar-refractivity contribution is -0.141. The van der Waals surface area contributed by atoms with E-state index in [9.17, 15) is 19.1 Å². The number of ether oxygens (including phenoxy) is 1. The van der Waals surface area contributed by atoms with Crippen LogP contribution in [0.1, 0.15) is 32.3 Å². The number of hydrogen-bond acceptors (Lipinski definition) is 4. The quantitative estimate of drug-likeness (QED) is 0.906. The van der Waals surface area contributed by atoms with Crippen LogP contribution < -0.4 is 0 Å². The van der Waals surface area contributed by atoms with Gasteiger partial charge in [0.05, 0.1) is 12.1 Å². The molecule has 0 aromatic carbocycles. The Morgan fingerprint density at radius 2 is 2.09 bits per heavy atom. The zero-order valence-electron chi connectivity index (χ0n) is 12.7. The third-order valence-electron chi connectivity index (χ3n) is 3.49. The van der Waals surface area contributed by atoms with Gasteiger partial charge in [-0.1, -0.05) is 0 Å². The van der Waals surface area contributed by atoms with Crippen LogP contribution in [-0.2, 0) is 9.53 Å². The fourth-order valence-corrected chi connectivity index (χ4v) is 2.53. The number of hydrogen-bond donors (Lipinski definition) is 1. The normalized spacial score (nSPS) is 21.7. The van der Waals surface area contributed by atoms with Crippen molar-refractivity contribution in [3.63, 3.8) is 0 Å². The highest BCUT2D eigenvalue weighted by Crippen LogP contribution is 2.34. The molecule has 0 radical (unpaired) electrons. The van der Waals surface area contributed by atoms with Crippen LogP contribution in [-0.4, -0.2) is 45.7 Å². The lowest BCUT2D eigenvalue weighted by Crippen LogP contribution is -2.35. The molecule has 0 saturated carbocycles. The van der Waals surface area contributed by atoms with Crippen molar-refractivity contribution in [1.82, 2.24) is 9.88 Å². The smallest absolute Gasteiger partial charge is 0.410 e. The molecule has 1 aromatic rings.